The van der Waals surface area contributed by atoms with Crippen LogP contribution in [0.5, 0.6) is 5.75 Å². The van der Waals surface area contributed by atoms with Crippen molar-refractivity contribution in [3.63, 3.8) is 0 Å². The maximum atomic E-state index is 11.6. The number of carbonyl (C=O) groups excluding carboxylic acids is 1. The van der Waals surface area contributed by atoms with E-state index in [9.17, 15) is 4.79 Å². The first kappa shape index (κ1) is 11.2. The Morgan fingerprint density at radius 2 is 2.11 bits per heavy atom. The summed E-state index contributed by atoms with van der Waals surface area (Å²) in [5, 5.41) is 9.16. The van der Waals surface area contributed by atoms with Gasteiger partial charge in [-0.3, -0.25) is 4.79 Å². The summed E-state index contributed by atoms with van der Waals surface area (Å²) in [6, 6.07) is 0.0670. The molecule has 18 heavy (non-hydrogen) atoms. The minimum absolute atomic E-state index is 0.0496. The third kappa shape index (κ3) is 1.97. The van der Waals surface area contributed by atoms with E-state index in [1.54, 1.807) is 0 Å². The summed E-state index contributed by atoms with van der Waals surface area (Å²) in [5.41, 5.74) is 0. The lowest BCUT2D eigenvalue weighted by atomic mass is 10.1. The highest BCUT2D eigenvalue weighted by Gasteiger charge is 2.34. The Labute approximate surface area is 104 Å². The minimum atomic E-state index is 0.0496. The molecule has 1 amide bonds. The lowest BCUT2D eigenvalue weighted by Crippen LogP contribution is -2.60. The zero-order chi connectivity index (χ0) is 12.5. The van der Waals surface area contributed by atoms with Crippen LogP contribution in [-0.4, -0.2) is 64.8 Å². The van der Waals surface area contributed by atoms with E-state index in [0.29, 0.717) is 32.2 Å². The van der Waals surface area contributed by atoms with Gasteiger partial charge in [0.15, 0.2) is 5.75 Å². The van der Waals surface area contributed by atoms with Crippen LogP contribution in [0.4, 0.5) is 5.95 Å². The van der Waals surface area contributed by atoms with Gasteiger partial charge >= 0.3 is 0 Å². The van der Waals surface area contributed by atoms with Crippen LogP contribution in [0.25, 0.3) is 0 Å². The summed E-state index contributed by atoms with van der Waals surface area (Å²) in [7, 11) is 0. The van der Waals surface area contributed by atoms with Crippen LogP contribution in [-0.2, 0) is 9.53 Å². The Morgan fingerprint density at radius 1 is 1.33 bits per heavy atom. The number of ether oxygens (including phenoxy) is 1. The standard InChI is InChI=1S/C11H14N4O3/c16-9-3-12-11(13-4-9)14-1-2-15-8(5-14)6-18-7-10(15)17/h3-4,8,16H,1-2,5-7H2. The van der Waals surface area contributed by atoms with Gasteiger partial charge < -0.3 is 19.6 Å². The molecule has 0 aliphatic carbocycles. The largest absolute Gasteiger partial charge is 0.505 e. The van der Waals surface area contributed by atoms with Crippen LogP contribution in [0.2, 0.25) is 0 Å². The molecule has 1 N–H and O–H groups in total. The van der Waals surface area contributed by atoms with E-state index in [-0.39, 0.29) is 24.3 Å². The van der Waals surface area contributed by atoms with Gasteiger partial charge in [0.2, 0.25) is 11.9 Å². The number of morpholine rings is 1. The Kier molecular flexibility index (Phi) is 2.75. The SMILES string of the molecule is O=C1COCC2CN(c3ncc(O)cn3)CCN12. The first-order chi connectivity index (χ1) is 8.74. The molecular formula is C11H14N4O3. The normalized spacial score (nSPS) is 24.0. The summed E-state index contributed by atoms with van der Waals surface area (Å²) < 4.78 is 5.26. The number of hydrogen-bond donors (Lipinski definition) is 1. The highest BCUT2D eigenvalue weighted by atomic mass is 16.5. The molecule has 2 saturated heterocycles. The predicted molar refractivity (Wildman–Crippen MR) is 62.2 cm³/mol. The molecule has 2 fully saturated rings. The number of anilines is 1. The fraction of sp³-hybridized carbons (Fsp3) is 0.545. The average Bonchev–Trinajstić information content (AvgIpc) is 2.39. The van der Waals surface area contributed by atoms with Crippen molar-refractivity contribution in [1.29, 1.82) is 0 Å². The van der Waals surface area contributed by atoms with Gasteiger partial charge in [-0.1, -0.05) is 0 Å². The molecule has 0 radical (unpaired) electrons. The van der Waals surface area contributed by atoms with Gasteiger partial charge in [-0.05, 0) is 0 Å². The van der Waals surface area contributed by atoms with Gasteiger partial charge in [-0.2, -0.15) is 0 Å². The van der Waals surface area contributed by atoms with E-state index in [0.717, 1.165) is 0 Å². The van der Waals surface area contributed by atoms with E-state index in [1.165, 1.54) is 12.4 Å². The minimum Gasteiger partial charge on any atom is -0.505 e. The predicted octanol–water partition coefficient (Wildman–Crippen LogP) is -0.770. The summed E-state index contributed by atoms with van der Waals surface area (Å²) in [6.07, 6.45) is 2.74. The zero-order valence-corrected chi connectivity index (χ0v) is 9.82. The van der Waals surface area contributed by atoms with Crippen molar-refractivity contribution < 1.29 is 14.6 Å². The number of carbonyl (C=O) groups is 1. The van der Waals surface area contributed by atoms with Crippen molar-refractivity contribution in [1.82, 2.24) is 14.9 Å². The highest BCUT2D eigenvalue weighted by molar-refractivity contribution is 5.78. The van der Waals surface area contributed by atoms with Crippen LogP contribution in [0.1, 0.15) is 0 Å². The van der Waals surface area contributed by atoms with E-state index >= 15 is 0 Å². The molecule has 1 atom stereocenters. The van der Waals surface area contributed by atoms with Crippen molar-refractivity contribution in [3.8, 4) is 5.75 Å². The number of amides is 1. The second kappa shape index (κ2) is 4.41. The lowest BCUT2D eigenvalue weighted by molar-refractivity contribution is -0.148. The molecule has 2 aliphatic rings. The summed E-state index contributed by atoms with van der Waals surface area (Å²) in [5.74, 6) is 0.677. The molecule has 3 rings (SSSR count). The maximum absolute atomic E-state index is 11.6. The van der Waals surface area contributed by atoms with Crippen LogP contribution < -0.4 is 4.90 Å². The molecule has 3 heterocycles. The summed E-state index contributed by atoms with van der Waals surface area (Å²) >= 11 is 0. The molecule has 96 valence electrons. The van der Waals surface area contributed by atoms with Crippen LogP contribution >= 0.6 is 0 Å². The molecule has 7 nitrogen and oxygen atoms in total. The smallest absolute Gasteiger partial charge is 0.249 e. The molecule has 1 unspecified atom stereocenters. The Bertz CT molecular complexity index is 450. The Hall–Kier alpha value is -1.89. The number of rotatable bonds is 1. The second-order valence-electron chi connectivity index (χ2n) is 4.44. The topological polar surface area (TPSA) is 78.8 Å². The molecule has 1 aromatic rings. The molecule has 2 aliphatic heterocycles. The van der Waals surface area contributed by atoms with Gasteiger partial charge in [-0.25, -0.2) is 9.97 Å². The maximum Gasteiger partial charge on any atom is 0.249 e. The van der Waals surface area contributed by atoms with Gasteiger partial charge in [0.05, 0.1) is 25.0 Å². The number of piperazine rings is 1. The summed E-state index contributed by atoms with van der Waals surface area (Å²) in [4.78, 5) is 23.7. The van der Waals surface area contributed by atoms with Crippen molar-refractivity contribution in [3.05, 3.63) is 12.4 Å². The van der Waals surface area contributed by atoms with E-state index in [2.05, 4.69) is 9.97 Å². The lowest BCUT2D eigenvalue weighted by Gasteiger charge is -2.43. The van der Waals surface area contributed by atoms with E-state index in [1.807, 2.05) is 9.80 Å². The third-order valence-corrected chi connectivity index (χ3v) is 3.25. The molecule has 7 heteroatoms. The number of aromatic nitrogens is 2. The fourth-order valence-corrected chi connectivity index (χ4v) is 2.35. The van der Waals surface area contributed by atoms with Crippen LogP contribution in [0.3, 0.4) is 0 Å². The van der Waals surface area contributed by atoms with Gasteiger partial charge in [-0.15, -0.1) is 0 Å². The van der Waals surface area contributed by atoms with Gasteiger partial charge in [0.25, 0.3) is 0 Å². The van der Waals surface area contributed by atoms with Crippen LogP contribution in [0.15, 0.2) is 12.4 Å². The number of nitrogens with zero attached hydrogens (tertiary/aromatic N) is 4. The fourth-order valence-electron chi connectivity index (χ4n) is 2.35. The molecule has 0 spiro atoms. The highest BCUT2D eigenvalue weighted by Crippen LogP contribution is 2.18. The molecule has 0 saturated carbocycles. The van der Waals surface area contributed by atoms with Crippen molar-refractivity contribution >= 4 is 11.9 Å². The number of hydrogen-bond acceptors (Lipinski definition) is 6. The van der Waals surface area contributed by atoms with Gasteiger partial charge in [0.1, 0.15) is 6.61 Å². The Morgan fingerprint density at radius 3 is 2.89 bits per heavy atom. The summed E-state index contributed by atoms with van der Waals surface area (Å²) in [6.45, 7) is 2.77. The zero-order valence-electron chi connectivity index (χ0n) is 9.82. The number of fused-ring (bicyclic) bond motifs is 1. The number of aromatic hydroxyl groups is 1. The van der Waals surface area contributed by atoms with E-state index in [4.69, 9.17) is 9.84 Å². The van der Waals surface area contributed by atoms with Crippen molar-refractivity contribution in [2.75, 3.05) is 37.7 Å². The van der Waals surface area contributed by atoms with Crippen LogP contribution in [0, 0.1) is 0 Å². The second-order valence-corrected chi connectivity index (χ2v) is 4.44. The molecule has 0 bridgehead atoms. The molecule has 1 aromatic heterocycles. The average molecular weight is 250 g/mol. The Balaban J connectivity index is 1.73. The monoisotopic (exact) mass is 250 g/mol. The molecular weight excluding hydrogens is 236 g/mol. The van der Waals surface area contributed by atoms with Gasteiger partial charge in [0, 0.05) is 19.6 Å². The van der Waals surface area contributed by atoms with Crippen molar-refractivity contribution in [2.24, 2.45) is 0 Å². The first-order valence-corrected chi connectivity index (χ1v) is 5.87. The molecule has 0 aromatic carbocycles. The van der Waals surface area contributed by atoms with Crippen molar-refractivity contribution in [2.45, 2.75) is 6.04 Å². The first-order valence-electron chi connectivity index (χ1n) is 5.87. The quantitative estimate of drug-likeness (QED) is 0.705. The van der Waals surface area contributed by atoms with E-state index < -0.39 is 0 Å². The third-order valence-electron chi connectivity index (χ3n) is 3.25.